The number of ether oxygens (including phenoxy) is 3. The number of amides is 3. The molecule has 2 aromatic rings. The Morgan fingerprint density at radius 3 is 2.56 bits per heavy atom. The molecule has 3 amide bonds. The summed E-state index contributed by atoms with van der Waals surface area (Å²) >= 11 is 0. The zero-order chi connectivity index (χ0) is 24.7. The molecule has 3 rings (SSSR count). The summed E-state index contributed by atoms with van der Waals surface area (Å²) in [6, 6.07) is 9.88. The first-order valence-corrected chi connectivity index (χ1v) is 10.1. The lowest BCUT2D eigenvalue weighted by molar-refractivity contribution is -0.136. The van der Waals surface area contributed by atoms with Gasteiger partial charge in [0.25, 0.3) is 5.91 Å². The largest absolute Gasteiger partial charge is 0.508 e. The number of hydrogen-bond acceptors (Lipinski definition) is 8. The first-order chi connectivity index (χ1) is 16.3. The number of rotatable bonds is 8. The van der Waals surface area contributed by atoms with Gasteiger partial charge in [-0.15, -0.1) is 0 Å². The lowest BCUT2D eigenvalue weighted by atomic mass is 9.95. The van der Waals surface area contributed by atoms with Crippen LogP contribution in [0.25, 0.3) is 0 Å². The van der Waals surface area contributed by atoms with Crippen molar-refractivity contribution in [3.05, 3.63) is 64.9 Å². The number of carbonyl (C=O) groups excluding carboxylic acids is 3. The van der Waals surface area contributed by atoms with Crippen LogP contribution >= 0.6 is 0 Å². The molecule has 1 heterocycles. The molecule has 0 unspecified atom stereocenters. The van der Waals surface area contributed by atoms with Gasteiger partial charge in [-0.05, 0) is 54.4 Å². The number of allylic oxidation sites excluding steroid dienone is 1. The number of nitrogens with zero attached hydrogens (tertiary/aromatic N) is 1. The van der Waals surface area contributed by atoms with Gasteiger partial charge in [-0.2, -0.15) is 5.10 Å². The average Bonchev–Trinajstić information content (AvgIpc) is 2.83. The van der Waals surface area contributed by atoms with Crippen molar-refractivity contribution in [1.29, 1.82) is 0 Å². The van der Waals surface area contributed by atoms with Crippen molar-refractivity contribution in [2.75, 3.05) is 20.8 Å². The van der Waals surface area contributed by atoms with Gasteiger partial charge >= 0.3 is 12.0 Å². The first-order valence-electron chi connectivity index (χ1n) is 10.1. The molecule has 0 saturated heterocycles. The Labute approximate surface area is 195 Å². The number of urea groups is 1. The van der Waals surface area contributed by atoms with E-state index in [0.717, 1.165) is 0 Å². The molecule has 0 spiro atoms. The zero-order valence-corrected chi connectivity index (χ0v) is 18.7. The molecule has 0 aromatic heterocycles. The fourth-order valence-electron chi connectivity index (χ4n) is 3.22. The van der Waals surface area contributed by atoms with Crippen molar-refractivity contribution in [3.63, 3.8) is 0 Å². The topological polar surface area (TPSA) is 148 Å². The van der Waals surface area contributed by atoms with Crippen LogP contribution in [-0.4, -0.2) is 50.1 Å². The summed E-state index contributed by atoms with van der Waals surface area (Å²) in [7, 11) is 2.69. The highest BCUT2D eigenvalue weighted by Gasteiger charge is 2.32. The number of phenols is 1. The molecular formula is C23H24N4O7. The van der Waals surface area contributed by atoms with Crippen molar-refractivity contribution >= 4 is 24.1 Å². The quantitative estimate of drug-likeness (QED) is 0.262. The lowest BCUT2D eigenvalue weighted by Gasteiger charge is -2.28. The van der Waals surface area contributed by atoms with Gasteiger partial charge in [-0.1, -0.05) is 6.07 Å². The number of carbonyl (C=O) groups is 3. The van der Waals surface area contributed by atoms with E-state index in [1.807, 2.05) is 0 Å². The minimum Gasteiger partial charge on any atom is -0.508 e. The van der Waals surface area contributed by atoms with Crippen LogP contribution in [0.1, 0.15) is 24.1 Å². The van der Waals surface area contributed by atoms with Crippen LogP contribution in [0, 0.1) is 0 Å². The number of aromatic hydroxyl groups is 1. The molecule has 34 heavy (non-hydrogen) atoms. The average molecular weight is 468 g/mol. The lowest BCUT2D eigenvalue weighted by Crippen LogP contribution is -2.45. The molecule has 0 aliphatic carbocycles. The van der Waals surface area contributed by atoms with Gasteiger partial charge in [0.2, 0.25) is 0 Å². The number of methoxy groups -OCH3 is 2. The van der Waals surface area contributed by atoms with Gasteiger partial charge < -0.3 is 30.0 Å². The monoisotopic (exact) mass is 468 g/mol. The maximum Gasteiger partial charge on any atom is 0.337 e. The molecular weight excluding hydrogens is 444 g/mol. The normalized spacial score (nSPS) is 15.4. The highest BCUT2D eigenvalue weighted by atomic mass is 16.5. The fraction of sp³-hybridized carbons (Fsp3) is 0.217. The number of nitrogens with one attached hydrogen (secondary N) is 3. The molecule has 1 aliphatic heterocycles. The predicted octanol–water partition coefficient (Wildman–Crippen LogP) is 1.73. The summed E-state index contributed by atoms with van der Waals surface area (Å²) in [5.74, 6) is -0.376. The molecule has 0 radical (unpaired) electrons. The Balaban J connectivity index is 1.68. The van der Waals surface area contributed by atoms with Gasteiger partial charge in [0.15, 0.2) is 18.1 Å². The third kappa shape index (κ3) is 5.82. The predicted molar refractivity (Wildman–Crippen MR) is 121 cm³/mol. The molecule has 0 fully saturated rings. The Morgan fingerprint density at radius 1 is 1.15 bits per heavy atom. The van der Waals surface area contributed by atoms with E-state index in [1.54, 1.807) is 37.3 Å². The summed E-state index contributed by atoms with van der Waals surface area (Å²) in [6.45, 7) is 1.27. The SMILES string of the molecule is COC(=O)C1=C(C)NC(=O)N[C@H]1c1ccc(OCC(=O)N/N=C\c2ccc(O)cc2)c(OC)c1. The Kier molecular flexibility index (Phi) is 7.70. The van der Waals surface area contributed by atoms with Crippen molar-refractivity contribution in [2.45, 2.75) is 13.0 Å². The second-order valence-corrected chi connectivity index (χ2v) is 7.15. The van der Waals surface area contributed by atoms with Crippen molar-refractivity contribution in [1.82, 2.24) is 16.1 Å². The maximum absolute atomic E-state index is 12.3. The molecule has 0 bridgehead atoms. The van der Waals surface area contributed by atoms with E-state index in [4.69, 9.17) is 14.2 Å². The van der Waals surface area contributed by atoms with E-state index in [0.29, 0.717) is 22.6 Å². The molecule has 1 aliphatic rings. The van der Waals surface area contributed by atoms with E-state index >= 15 is 0 Å². The van der Waals surface area contributed by atoms with Crippen LogP contribution in [0.5, 0.6) is 17.2 Å². The van der Waals surface area contributed by atoms with E-state index in [-0.39, 0.29) is 23.7 Å². The van der Waals surface area contributed by atoms with E-state index in [9.17, 15) is 19.5 Å². The molecule has 1 atom stereocenters. The summed E-state index contributed by atoms with van der Waals surface area (Å²) in [5.41, 5.74) is 4.22. The van der Waals surface area contributed by atoms with Crippen LogP contribution < -0.4 is 25.5 Å². The third-order valence-corrected chi connectivity index (χ3v) is 4.85. The second-order valence-electron chi connectivity index (χ2n) is 7.15. The van der Waals surface area contributed by atoms with Crippen molar-refractivity contribution in [2.24, 2.45) is 5.10 Å². The maximum atomic E-state index is 12.3. The third-order valence-electron chi connectivity index (χ3n) is 4.85. The van der Waals surface area contributed by atoms with Gasteiger partial charge in [0, 0.05) is 5.70 Å². The Bertz CT molecular complexity index is 1140. The number of phenolic OH excluding ortho intramolecular Hbond substituents is 1. The van der Waals surface area contributed by atoms with E-state index in [1.165, 1.54) is 32.6 Å². The van der Waals surface area contributed by atoms with Gasteiger partial charge in [-0.25, -0.2) is 15.0 Å². The smallest absolute Gasteiger partial charge is 0.337 e. The highest BCUT2D eigenvalue weighted by Crippen LogP contribution is 2.34. The first kappa shape index (κ1) is 24.1. The van der Waals surface area contributed by atoms with Crippen LogP contribution in [0.3, 0.4) is 0 Å². The van der Waals surface area contributed by atoms with Crippen LogP contribution in [0.2, 0.25) is 0 Å². The standard InChI is InChI=1S/C23H24N4O7/c1-13-20(22(30)33-3)21(26-23(31)25-13)15-6-9-17(18(10-15)32-2)34-12-19(29)27-24-11-14-4-7-16(28)8-5-14/h4-11,21,28H,12H2,1-3H3,(H,27,29)(H2,25,26,31)/b24-11-/t21-/m0/s1. The molecule has 11 nitrogen and oxygen atoms in total. The number of benzene rings is 2. The summed E-state index contributed by atoms with van der Waals surface area (Å²) < 4.78 is 15.8. The number of hydrazone groups is 1. The van der Waals surface area contributed by atoms with Gasteiger partial charge in [0.1, 0.15) is 5.75 Å². The molecule has 0 saturated carbocycles. The van der Waals surface area contributed by atoms with E-state index < -0.39 is 23.9 Å². The zero-order valence-electron chi connectivity index (χ0n) is 18.7. The number of esters is 1. The summed E-state index contributed by atoms with van der Waals surface area (Å²) in [4.78, 5) is 36.3. The summed E-state index contributed by atoms with van der Waals surface area (Å²) in [5, 5.41) is 18.3. The van der Waals surface area contributed by atoms with E-state index in [2.05, 4.69) is 21.2 Å². The Hall–Kier alpha value is -4.54. The molecule has 4 N–H and O–H groups in total. The molecule has 178 valence electrons. The minimum absolute atomic E-state index is 0.129. The second kappa shape index (κ2) is 10.9. The van der Waals surface area contributed by atoms with Crippen LogP contribution in [0.15, 0.2) is 58.8 Å². The number of hydrogen-bond donors (Lipinski definition) is 4. The summed E-state index contributed by atoms with van der Waals surface area (Å²) in [6.07, 6.45) is 1.43. The molecule has 2 aromatic carbocycles. The van der Waals surface area contributed by atoms with Crippen molar-refractivity contribution in [3.8, 4) is 17.2 Å². The van der Waals surface area contributed by atoms with Gasteiger partial charge in [0.05, 0.1) is 32.0 Å². The minimum atomic E-state index is -0.762. The fourth-order valence-corrected chi connectivity index (χ4v) is 3.22. The van der Waals surface area contributed by atoms with Crippen molar-refractivity contribution < 1.29 is 33.7 Å². The highest BCUT2D eigenvalue weighted by molar-refractivity contribution is 5.95. The Morgan fingerprint density at radius 2 is 1.88 bits per heavy atom. The van der Waals surface area contributed by atoms with Crippen LogP contribution in [0.4, 0.5) is 4.79 Å². The van der Waals surface area contributed by atoms with Gasteiger partial charge in [-0.3, -0.25) is 4.79 Å². The van der Waals surface area contributed by atoms with Crippen LogP contribution in [-0.2, 0) is 14.3 Å². The molecule has 11 heteroatoms.